The SMILES string of the molecule is CCCn1c2c(c(=O)n(CCC)c1=O)CCCC(c1ccc(C(=O)Nc3ccccc3C(=O)OC)nc1)=N2. The van der Waals surface area contributed by atoms with Crippen LogP contribution in [0.15, 0.2) is 57.2 Å². The van der Waals surface area contributed by atoms with Crippen LogP contribution in [0.3, 0.4) is 0 Å². The van der Waals surface area contributed by atoms with Crippen molar-refractivity contribution >= 4 is 29.1 Å². The lowest BCUT2D eigenvalue weighted by Crippen LogP contribution is -2.41. The maximum Gasteiger partial charge on any atom is 0.339 e. The summed E-state index contributed by atoms with van der Waals surface area (Å²) in [6.45, 7) is 4.76. The standard InChI is InChI=1S/C28H31N5O5/c1-4-15-32-24-20(26(35)33(16-5-2)28(32)37)10-8-12-21(30-24)18-13-14-23(29-17-18)25(34)31-22-11-7-6-9-19(22)27(36)38-3/h6-7,9,11,13-14,17H,4-5,8,10,12,15-16H2,1-3H3,(H,31,34). The molecule has 0 fully saturated rings. The highest BCUT2D eigenvalue weighted by Crippen LogP contribution is 2.24. The Hall–Kier alpha value is -4.34. The number of pyridine rings is 1. The number of carbonyl (C=O) groups excluding carboxylic acids is 2. The van der Waals surface area contributed by atoms with E-state index in [0.717, 1.165) is 6.42 Å². The van der Waals surface area contributed by atoms with Crippen LogP contribution in [-0.4, -0.2) is 38.8 Å². The maximum absolute atomic E-state index is 13.1. The van der Waals surface area contributed by atoms with Gasteiger partial charge in [-0.2, -0.15) is 0 Å². The van der Waals surface area contributed by atoms with E-state index in [0.29, 0.717) is 67.1 Å². The van der Waals surface area contributed by atoms with E-state index in [1.54, 1.807) is 47.2 Å². The number of fused-ring (bicyclic) bond motifs is 1. The van der Waals surface area contributed by atoms with Gasteiger partial charge < -0.3 is 10.1 Å². The summed E-state index contributed by atoms with van der Waals surface area (Å²) in [6.07, 6.45) is 4.81. The number of nitrogens with one attached hydrogen (secondary N) is 1. The van der Waals surface area contributed by atoms with Crippen molar-refractivity contribution < 1.29 is 14.3 Å². The van der Waals surface area contributed by atoms with Crippen LogP contribution in [0.2, 0.25) is 0 Å². The first-order valence-electron chi connectivity index (χ1n) is 12.8. The molecular weight excluding hydrogens is 486 g/mol. The number of hydrogen-bond acceptors (Lipinski definition) is 7. The van der Waals surface area contributed by atoms with E-state index in [-0.39, 0.29) is 22.5 Å². The lowest BCUT2D eigenvalue weighted by Gasteiger charge is -2.15. The minimum absolute atomic E-state index is 0.161. The first-order chi connectivity index (χ1) is 18.4. The summed E-state index contributed by atoms with van der Waals surface area (Å²) < 4.78 is 7.70. The summed E-state index contributed by atoms with van der Waals surface area (Å²) in [5.41, 5.74) is 2.10. The first-order valence-corrected chi connectivity index (χ1v) is 12.8. The topological polar surface area (TPSA) is 125 Å². The summed E-state index contributed by atoms with van der Waals surface area (Å²) in [5.74, 6) is -0.615. The number of esters is 1. The number of hydrogen-bond donors (Lipinski definition) is 1. The zero-order valence-corrected chi connectivity index (χ0v) is 21.8. The predicted molar refractivity (Wildman–Crippen MR) is 145 cm³/mol. The molecule has 0 unspecified atom stereocenters. The van der Waals surface area contributed by atoms with Gasteiger partial charge in [-0.25, -0.2) is 14.6 Å². The summed E-state index contributed by atoms with van der Waals surface area (Å²) in [5, 5.41) is 2.71. The number of rotatable bonds is 8. The van der Waals surface area contributed by atoms with Crippen LogP contribution in [0.1, 0.15) is 71.5 Å². The number of aliphatic imine (C=N–C) groups is 1. The maximum atomic E-state index is 13.1. The van der Waals surface area contributed by atoms with E-state index in [4.69, 9.17) is 9.73 Å². The Balaban J connectivity index is 1.66. The van der Waals surface area contributed by atoms with Crippen molar-refractivity contribution in [2.75, 3.05) is 12.4 Å². The van der Waals surface area contributed by atoms with Gasteiger partial charge in [0.2, 0.25) is 0 Å². The third-order valence-corrected chi connectivity index (χ3v) is 6.38. The molecule has 38 heavy (non-hydrogen) atoms. The lowest BCUT2D eigenvalue weighted by molar-refractivity contribution is 0.0602. The summed E-state index contributed by atoms with van der Waals surface area (Å²) in [4.78, 5) is 60.2. The summed E-state index contributed by atoms with van der Waals surface area (Å²) in [7, 11) is 1.28. The smallest absolute Gasteiger partial charge is 0.339 e. The largest absolute Gasteiger partial charge is 0.465 e. The second-order valence-corrected chi connectivity index (χ2v) is 9.03. The van der Waals surface area contributed by atoms with Crippen LogP contribution in [-0.2, 0) is 24.2 Å². The second-order valence-electron chi connectivity index (χ2n) is 9.03. The number of nitrogens with zero attached hydrogens (tertiary/aromatic N) is 4. The van der Waals surface area contributed by atoms with Crippen LogP contribution < -0.4 is 16.6 Å². The van der Waals surface area contributed by atoms with Crippen LogP contribution in [0, 0.1) is 0 Å². The highest BCUT2D eigenvalue weighted by molar-refractivity contribution is 6.08. The van der Waals surface area contributed by atoms with Gasteiger partial charge in [0.15, 0.2) is 0 Å². The number of anilines is 1. The Morgan fingerprint density at radius 3 is 2.42 bits per heavy atom. The molecule has 0 saturated carbocycles. The zero-order chi connectivity index (χ0) is 27.2. The summed E-state index contributed by atoms with van der Waals surface area (Å²) in [6, 6.07) is 9.89. The van der Waals surface area contributed by atoms with Gasteiger partial charge in [0, 0.05) is 24.8 Å². The van der Waals surface area contributed by atoms with E-state index in [1.807, 2.05) is 13.8 Å². The van der Waals surface area contributed by atoms with Crippen molar-refractivity contribution in [3.05, 3.63) is 85.8 Å². The van der Waals surface area contributed by atoms with Crippen molar-refractivity contribution in [1.82, 2.24) is 14.1 Å². The molecule has 4 rings (SSSR count). The molecule has 2 aromatic heterocycles. The van der Waals surface area contributed by atoms with E-state index < -0.39 is 11.9 Å². The molecule has 0 radical (unpaired) electrons. The van der Waals surface area contributed by atoms with Crippen LogP contribution >= 0.6 is 0 Å². The number of amides is 1. The Morgan fingerprint density at radius 2 is 1.74 bits per heavy atom. The predicted octanol–water partition coefficient (Wildman–Crippen LogP) is 3.72. The normalized spacial score (nSPS) is 12.8. The molecule has 1 aliphatic rings. The molecule has 1 aliphatic heterocycles. The molecule has 1 N–H and O–H groups in total. The molecule has 0 bridgehead atoms. The molecule has 0 atom stereocenters. The van der Waals surface area contributed by atoms with Crippen LogP contribution in [0.25, 0.3) is 0 Å². The number of benzene rings is 1. The van der Waals surface area contributed by atoms with Crippen molar-refractivity contribution in [1.29, 1.82) is 0 Å². The Labute approximate surface area is 220 Å². The molecule has 0 aliphatic carbocycles. The molecule has 3 aromatic rings. The van der Waals surface area contributed by atoms with E-state index in [1.165, 1.54) is 11.7 Å². The number of ether oxygens (including phenoxy) is 1. The molecule has 10 heteroatoms. The lowest BCUT2D eigenvalue weighted by atomic mass is 10.1. The van der Waals surface area contributed by atoms with Gasteiger partial charge in [0.05, 0.1) is 29.6 Å². The Bertz CT molecular complexity index is 1500. The molecule has 10 nitrogen and oxygen atoms in total. The fraction of sp³-hybridized carbons (Fsp3) is 0.357. The van der Waals surface area contributed by atoms with Crippen LogP contribution in [0.4, 0.5) is 11.5 Å². The minimum atomic E-state index is -0.557. The van der Waals surface area contributed by atoms with Crippen molar-refractivity contribution in [3.8, 4) is 0 Å². The van der Waals surface area contributed by atoms with E-state index in [9.17, 15) is 19.2 Å². The van der Waals surface area contributed by atoms with Gasteiger partial charge in [0.1, 0.15) is 11.5 Å². The highest BCUT2D eigenvalue weighted by Gasteiger charge is 2.22. The fourth-order valence-electron chi connectivity index (χ4n) is 4.53. The Morgan fingerprint density at radius 1 is 1.00 bits per heavy atom. The second kappa shape index (κ2) is 11.8. The quantitative estimate of drug-likeness (QED) is 0.454. The molecular formula is C28H31N5O5. The first kappa shape index (κ1) is 26.7. The third kappa shape index (κ3) is 5.34. The van der Waals surface area contributed by atoms with Crippen molar-refractivity contribution in [3.63, 3.8) is 0 Å². The third-order valence-electron chi connectivity index (χ3n) is 6.38. The zero-order valence-electron chi connectivity index (χ0n) is 21.8. The fourth-order valence-corrected chi connectivity index (χ4v) is 4.53. The number of aromatic nitrogens is 3. The van der Waals surface area contributed by atoms with Gasteiger partial charge in [0.25, 0.3) is 11.5 Å². The Kier molecular flexibility index (Phi) is 8.30. The summed E-state index contributed by atoms with van der Waals surface area (Å²) >= 11 is 0. The molecule has 1 aromatic carbocycles. The molecule has 1 amide bonds. The number of methoxy groups -OCH3 is 1. The van der Waals surface area contributed by atoms with Gasteiger partial charge in [-0.05, 0) is 56.4 Å². The van der Waals surface area contributed by atoms with Crippen molar-refractivity contribution in [2.24, 2.45) is 4.99 Å². The van der Waals surface area contributed by atoms with Gasteiger partial charge >= 0.3 is 11.7 Å². The van der Waals surface area contributed by atoms with Crippen molar-refractivity contribution in [2.45, 2.75) is 59.0 Å². The number of para-hydroxylation sites is 1. The average Bonchev–Trinajstić information content (AvgIpc) is 3.17. The van der Waals surface area contributed by atoms with E-state index in [2.05, 4.69) is 10.3 Å². The van der Waals surface area contributed by atoms with Gasteiger partial charge in [-0.15, -0.1) is 0 Å². The van der Waals surface area contributed by atoms with Crippen LogP contribution in [0.5, 0.6) is 0 Å². The van der Waals surface area contributed by atoms with E-state index >= 15 is 0 Å². The monoisotopic (exact) mass is 517 g/mol. The molecule has 198 valence electrons. The van der Waals surface area contributed by atoms with Gasteiger partial charge in [-0.3, -0.25) is 23.7 Å². The molecule has 0 spiro atoms. The van der Waals surface area contributed by atoms with Gasteiger partial charge in [-0.1, -0.05) is 26.0 Å². The highest BCUT2D eigenvalue weighted by atomic mass is 16.5. The number of carbonyl (C=O) groups is 2. The molecule has 0 saturated heterocycles. The molecule has 3 heterocycles. The minimum Gasteiger partial charge on any atom is -0.465 e. The average molecular weight is 518 g/mol.